The highest BCUT2D eigenvalue weighted by Crippen LogP contribution is 2.25. The van der Waals surface area contributed by atoms with Crippen molar-refractivity contribution in [2.45, 2.75) is 12.8 Å². The number of anilines is 2. The molecular formula is C16H16ClN3O. The Labute approximate surface area is 128 Å². The molecule has 0 unspecified atom stereocenters. The predicted molar refractivity (Wildman–Crippen MR) is 84.1 cm³/mol. The lowest BCUT2D eigenvalue weighted by Crippen LogP contribution is -2.28. The van der Waals surface area contributed by atoms with Crippen molar-refractivity contribution in [2.75, 3.05) is 18.4 Å². The number of amides is 1. The summed E-state index contributed by atoms with van der Waals surface area (Å²) in [7, 11) is 0. The predicted octanol–water partition coefficient (Wildman–Crippen LogP) is 3.71. The first kappa shape index (κ1) is 13.9. The Kier molecular flexibility index (Phi) is 4.06. The van der Waals surface area contributed by atoms with Crippen LogP contribution in [-0.4, -0.2) is 28.9 Å². The van der Waals surface area contributed by atoms with Crippen LogP contribution in [-0.2, 0) is 0 Å². The number of likely N-dealkylation sites (tertiary alicyclic amines) is 1. The minimum absolute atomic E-state index is 0.00434. The van der Waals surface area contributed by atoms with E-state index in [0.29, 0.717) is 10.7 Å². The summed E-state index contributed by atoms with van der Waals surface area (Å²) in [4.78, 5) is 18.4. The van der Waals surface area contributed by atoms with Crippen molar-refractivity contribution in [3.8, 4) is 0 Å². The second-order valence-corrected chi connectivity index (χ2v) is 5.44. The average molecular weight is 302 g/mol. The van der Waals surface area contributed by atoms with Crippen molar-refractivity contribution < 1.29 is 4.79 Å². The zero-order chi connectivity index (χ0) is 14.7. The van der Waals surface area contributed by atoms with Crippen molar-refractivity contribution in [3.63, 3.8) is 0 Å². The van der Waals surface area contributed by atoms with E-state index in [1.54, 1.807) is 12.3 Å². The maximum atomic E-state index is 12.3. The van der Waals surface area contributed by atoms with Gasteiger partial charge in [0.05, 0.1) is 10.7 Å². The van der Waals surface area contributed by atoms with Crippen molar-refractivity contribution in [1.82, 2.24) is 9.88 Å². The molecule has 3 rings (SSSR count). The van der Waals surface area contributed by atoms with Crippen LogP contribution in [0.1, 0.15) is 23.3 Å². The Morgan fingerprint density at radius 1 is 1.19 bits per heavy atom. The summed E-state index contributed by atoms with van der Waals surface area (Å²) in [6.07, 6.45) is 3.79. The number of rotatable bonds is 3. The van der Waals surface area contributed by atoms with E-state index >= 15 is 0 Å². The average Bonchev–Trinajstić information content (AvgIpc) is 3.03. The summed E-state index contributed by atoms with van der Waals surface area (Å²) >= 11 is 6.13. The zero-order valence-corrected chi connectivity index (χ0v) is 12.3. The van der Waals surface area contributed by atoms with Crippen LogP contribution in [0, 0.1) is 0 Å². The van der Waals surface area contributed by atoms with Gasteiger partial charge in [-0.2, -0.15) is 0 Å². The quantitative estimate of drug-likeness (QED) is 0.940. The third kappa shape index (κ3) is 3.16. The molecule has 2 heterocycles. The van der Waals surface area contributed by atoms with Gasteiger partial charge in [0.2, 0.25) is 0 Å². The summed E-state index contributed by atoms with van der Waals surface area (Å²) < 4.78 is 0. The van der Waals surface area contributed by atoms with Crippen LogP contribution in [0.3, 0.4) is 0 Å². The molecular weight excluding hydrogens is 286 g/mol. The molecule has 0 atom stereocenters. The fraction of sp³-hybridized carbons (Fsp3) is 0.250. The van der Waals surface area contributed by atoms with Crippen LogP contribution in [0.5, 0.6) is 0 Å². The van der Waals surface area contributed by atoms with Crippen LogP contribution in [0.4, 0.5) is 11.4 Å². The molecule has 108 valence electrons. The minimum Gasteiger partial charge on any atom is -0.354 e. The second-order valence-electron chi connectivity index (χ2n) is 5.03. The molecule has 0 saturated carbocycles. The highest BCUT2D eigenvalue weighted by molar-refractivity contribution is 6.33. The van der Waals surface area contributed by atoms with Crippen molar-refractivity contribution in [3.05, 3.63) is 53.3 Å². The van der Waals surface area contributed by atoms with E-state index in [9.17, 15) is 4.79 Å². The summed E-state index contributed by atoms with van der Waals surface area (Å²) in [6.45, 7) is 1.64. The maximum absolute atomic E-state index is 12.3. The Hall–Kier alpha value is -2.07. The van der Waals surface area contributed by atoms with Gasteiger partial charge in [-0.1, -0.05) is 23.7 Å². The third-order valence-corrected chi connectivity index (χ3v) is 3.85. The van der Waals surface area contributed by atoms with E-state index in [2.05, 4.69) is 10.3 Å². The summed E-state index contributed by atoms with van der Waals surface area (Å²) in [5, 5.41) is 3.86. The van der Waals surface area contributed by atoms with Gasteiger partial charge in [-0.25, -0.2) is 0 Å². The zero-order valence-electron chi connectivity index (χ0n) is 11.6. The number of carbonyl (C=O) groups is 1. The minimum atomic E-state index is -0.00434. The third-order valence-electron chi connectivity index (χ3n) is 3.53. The van der Waals surface area contributed by atoms with E-state index in [-0.39, 0.29) is 5.91 Å². The molecule has 1 N–H and O–H groups in total. The van der Waals surface area contributed by atoms with Gasteiger partial charge in [0.25, 0.3) is 5.91 Å². The molecule has 1 amide bonds. The van der Waals surface area contributed by atoms with E-state index < -0.39 is 0 Å². The maximum Gasteiger partial charge on any atom is 0.272 e. The fourth-order valence-electron chi connectivity index (χ4n) is 2.43. The molecule has 5 heteroatoms. The number of pyridine rings is 1. The first-order chi connectivity index (χ1) is 10.2. The second kappa shape index (κ2) is 6.14. The topological polar surface area (TPSA) is 45.2 Å². The van der Waals surface area contributed by atoms with Gasteiger partial charge in [-0.3, -0.25) is 9.78 Å². The van der Waals surface area contributed by atoms with Crippen LogP contribution in [0.15, 0.2) is 42.6 Å². The first-order valence-corrected chi connectivity index (χ1v) is 7.39. The van der Waals surface area contributed by atoms with Crippen LogP contribution in [0.25, 0.3) is 0 Å². The molecule has 1 aromatic heterocycles. The van der Waals surface area contributed by atoms with Gasteiger partial charge in [0.15, 0.2) is 0 Å². The monoisotopic (exact) mass is 301 g/mol. The van der Waals surface area contributed by atoms with Gasteiger partial charge in [0, 0.05) is 25.0 Å². The van der Waals surface area contributed by atoms with Crippen molar-refractivity contribution in [1.29, 1.82) is 0 Å². The molecule has 1 aromatic carbocycles. The normalized spacial score (nSPS) is 14.2. The molecule has 1 aliphatic heterocycles. The lowest BCUT2D eigenvalue weighted by atomic mass is 10.2. The molecule has 1 saturated heterocycles. The highest BCUT2D eigenvalue weighted by Gasteiger charge is 2.20. The highest BCUT2D eigenvalue weighted by atomic mass is 35.5. The number of halogens is 1. The van der Waals surface area contributed by atoms with Gasteiger partial charge in [0.1, 0.15) is 5.69 Å². The van der Waals surface area contributed by atoms with Gasteiger partial charge in [-0.05, 0) is 37.1 Å². The van der Waals surface area contributed by atoms with E-state index in [1.807, 2.05) is 35.2 Å². The molecule has 0 spiro atoms. The SMILES string of the molecule is O=C(c1cc(Nc2ccccc2Cl)ccn1)N1CCCC1. The van der Waals surface area contributed by atoms with E-state index in [4.69, 9.17) is 11.6 Å². The number of nitrogens with one attached hydrogen (secondary N) is 1. The van der Waals surface area contributed by atoms with Gasteiger partial charge < -0.3 is 10.2 Å². The lowest BCUT2D eigenvalue weighted by Gasteiger charge is -2.15. The molecule has 2 aromatic rings. The number of hydrogen-bond donors (Lipinski definition) is 1. The van der Waals surface area contributed by atoms with Crippen LogP contribution >= 0.6 is 11.6 Å². The van der Waals surface area contributed by atoms with Crippen molar-refractivity contribution in [2.24, 2.45) is 0 Å². The molecule has 1 aliphatic rings. The van der Waals surface area contributed by atoms with Crippen LogP contribution < -0.4 is 5.32 Å². The number of para-hydroxylation sites is 1. The molecule has 1 fully saturated rings. The van der Waals surface area contributed by atoms with E-state index in [1.165, 1.54) is 0 Å². The fourth-order valence-corrected chi connectivity index (χ4v) is 2.61. The number of carbonyl (C=O) groups excluding carboxylic acids is 1. The summed E-state index contributed by atoms with van der Waals surface area (Å²) in [6, 6.07) is 11.1. The number of aromatic nitrogens is 1. The Morgan fingerprint density at radius 3 is 2.71 bits per heavy atom. The smallest absolute Gasteiger partial charge is 0.272 e. The number of benzene rings is 1. The number of nitrogens with zero attached hydrogens (tertiary/aromatic N) is 2. The summed E-state index contributed by atoms with van der Waals surface area (Å²) in [5.74, 6) is -0.00434. The largest absolute Gasteiger partial charge is 0.354 e. The molecule has 0 radical (unpaired) electrons. The lowest BCUT2D eigenvalue weighted by molar-refractivity contribution is 0.0787. The molecule has 0 aliphatic carbocycles. The Balaban J connectivity index is 1.80. The van der Waals surface area contributed by atoms with Crippen LogP contribution in [0.2, 0.25) is 5.02 Å². The summed E-state index contributed by atoms with van der Waals surface area (Å²) in [5.41, 5.74) is 2.08. The number of hydrogen-bond acceptors (Lipinski definition) is 3. The Bertz CT molecular complexity index is 653. The molecule has 0 bridgehead atoms. The van der Waals surface area contributed by atoms with Crippen molar-refractivity contribution >= 4 is 28.9 Å². The van der Waals surface area contributed by atoms with E-state index in [0.717, 1.165) is 37.3 Å². The Morgan fingerprint density at radius 2 is 1.95 bits per heavy atom. The standard InChI is InChI=1S/C16H16ClN3O/c17-13-5-1-2-6-14(13)19-12-7-8-18-15(11-12)16(21)20-9-3-4-10-20/h1-2,5-8,11H,3-4,9-10H2,(H,18,19). The van der Waals surface area contributed by atoms with Gasteiger partial charge >= 0.3 is 0 Å². The first-order valence-electron chi connectivity index (χ1n) is 7.01. The molecule has 4 nitrogen and oxygen atoms in total. The molecule has 21 heavy (non-hydrogen) atoms. The van der Waals surface area contributed by atoms with Gasteiger partial charge in [-0.15, -0.1) is 0 Å².